The van der Waals surface area contributed by atoms with Gasteiger partial charge in [0.15, 0.2) is 6.10 Å². The summed E-state index contributed by atoms with van der Waals surface area (Å²) in [5, 5.41) is 16.9. The van der Waals surface area contributed by atoms with Gasteiger partial charge in [0.05, 0.1) is 6.61 Å². The number of rotatable bonds is 3. The minimum Gasteiger partial charge on any atom is -0.605 e. The van der Waals surface area contributed by atoms with E-state index >= 15 is 0 Å². The van der Waals surface area contributed by atoms with Crippen LogP contribution in [-0.4, -0.2) is 34.4 Å². The molecule has 7 heteroatoms. The fraction of sp³-hybridized carbons (Fsp3) is 0.600. The standard InChI is InChI=1S/C5H8NO5P/c1-3(8)6-12(11)5(10)4(9)2-7/h4,7,9H,2H2,1H3. The van der Waals surface area contributed by atoms with Gasteiger partial charge in [0.25, 0.3) is 13.8 Å². The normalized spacial score (nSPS) is 14.2. The molecule has 6 nitrogen and oxygen atoms in total. The third-order valence-electron chi connectivity index (χ3n) is 0.878. The van der Waals surface area contributed by atoms with Crippen molar-refractivity contribution in [1.29, 1.82) is 0 Å². The molecule has 68 valence electrons. The molecular formula is C5H8NO5P. The van der Waals surface area contributed by atoms with Gasteiger partial charge in [-0.25, -0.2) is 4.79 Å². The molecule has 12 heavy (non-hydrogen) atoms. The van der Waals surface area contributed by atoms with Crippen LogP contribution in [0.15, 0.2) is 4.74 Å². The highest BCUT2D eigenvalue weighted by Gasteiger charge is 2.25. The van der Waals surface area contributed by atoms with Crippen LogP contribution in [0.25, 0.3) is 0 Å². The van der Waals surface area contributed by atoms with E-state index in [-0.39, 0.29) is 0 Å². The molecule has 0 aromatic carbocycles. The number of carbonyl (C=O) groups is 2. The lowest BCUT2D eigenvalue weighted by molar-refractivity contribution is -0.164. The fourth-order valence-corrected chi connectivity index (χ4v) is 1.07. The highest BCUT2D eigenvalue weighted by atomic mass is 31.1. The zero-order valence-electron chi connectivity index (χ0n) is 6.30. The van der Waals surface area contributed by atoms with Gasteiger partial charge >= 0.3 is 5.52 Å². The molecule has 1 amide bonds. The minimum absolute atomic E-state index is 0.755. The molecule has 0 heterocycles. The molecule has 0 spiro atoms. The molecule has 0 saturated carbocycles. The Morgan fingerprint density at radius 3 is 2.50 bits per heavy atom. The lowest BCUT2D eigenvalue weighted by Crippen LogP contribution is -2.23. The second-order valence-electron chi connectivity index (χ2n) is 1.93. The van der Waals surface area contributed by atoms with Crippen LogP contribution in [0.2, 0.25) is 0 Å². The second-order valence-corrected chi connectivity index (χ2v) is 3.12. The molecule has 0 bridgehead atoms. The summed E-state index contributed by atoms with van der Waals surface area (Å²) in [6, 6.07) is 0. The lowest BCUT2D eigenvalue weighted by Gasteiger charge is -1.98. The van der Waals surface area contributed by atoms with Gasteiger partial charge in [-0.1, -0.05) is 0 Å². The van der Waals surface area contributed by atoms with E-state index in [1.54, 1.807) is 0 Å². The summed E-state index contributed by atoms with van der Waals surface area (Å²) in [5.74, 6) is -0.755. The SMILES string of the molecule is CC(=O)N=[P+]([O-])C(=O)C(O)CO. The Labute approximate surface area is 69.4 Å². The number of aliphatic hydroxyl groups excluding tert-OH is 2. The monoisotopic (exact) mass is 193 g/mol. The Bertz CT molecular complexity index is 226. The summed E-state index contributed by atoms with van der Waals surface area (Å²) in [6.45, 7) is 0.208. The molecule has 0 aliphatic heterocycles. The smallest absolute Gasteiger partial charge is 0.372 e. The van der Waals surface area contributed by atoms with Crippen LogP contribution < -0.4 is 4.89 Å². The Kier molecular flexibility index (Phi) is 4.77. The maximum absolute atomic E-state index is 10.7. The minimum atomic E-state index is -2.75. The molecule has 0 aliphatic rings. The van der Waals surface area contributed by atoms with Gasteiger partial charge in [0.2, 0.25) is 0 Å². The Balaban J connectivity index is 4.39. The summed E-state index contributed by atoms with van der Waals surface area (Å²) >= 11 is 0. The molecule has 0 saturated heterocycles. The second kappa shape index (κ2) is 5.05. The van der Waals surface area contributed by atoms with Crippen LogP contribution in [0, 0.1) is 0 Å². The lowest BCUT2D eigenvalue weighted by atomic mass is 10.4. The molecule has 0 aliphatic carbocycles. The van der Waals surface area contributed by atoms with Gasteiger partial charge in [-0.15, -0.1) is 0 Å². The van der Waals surface area contributed by atoms with Gasteiger partial charge < -0.3 is 15.1 Å². The van der Waals surface area contributed by atoms with Crippen LogP contribution >= 0.6 is 7.94 Å². The Morgan fingerprint density at radius 2 is 2.17 bits per heavy atom. The third-order valence-corrected chi connectivity index (χ3v) is 2.02. The van der Waals surface area contributed by atoms with Gasteiger partial charge in [-0.2, -0.15) is 0 Å². The van der Waals surface area contributed by atoms with E-state index in [0.717, 1.165) is 6.92 Å². The number of nitrogens with zero attached hydrogens (tertiary/aromatic N) is 1. The maximum Gasteiger partial charge on any atom is 0.372 e. The maximum atomic E-state index is 10.7. The van der Waals surface area contributed by atoms with Gasteiger partial charge in [-0.3, -0.25) is 4.79 Å². The predicted molar refractivity (Wildman–Crippen MR) is 38.1 cm³/mol. The van der Waals surface area contributed by atoms with Crippen molar-refractivity contribution in [3.8, 4) is 0 Å². The van der Waals surface area contributed by atoms with E-state index in [4.69, 9.17) is 10.2 Å². The molecule has 2 unspecified atom stereocenters. The van der Waals surface area contributed by atoms with Crippen LogP contribution in [0.4, 0.5) is 0 Å². The van der Waals surface area contributed by atoms with E-state index in [9.17, 15) is 14.5 Å². The average molecular weight is 193 g/mol. The predicted octanol–water partition coefficient (Wildman–Crippen LogP) is -1.65. The number of hydrogen-bond acceptors (Lipinski definition) is 5. The van der Waals surface area contributed by atoms with Gasteiger partial charge in [0.1, 0.15) is 0 Å². The summed E-state index contributed by atoms with van der Waals surface area (Å²) < 4.78 is 2.90. The summed E-state index contributed by atoms with van der Waals surface area (Å²) in [6.07, 6.45) is -1.73. The summed E-state index contributed by atoms with van der Waals surface area (Å²) in [5.41, 5.74) is -1.14. The molecule has 0 aromatic rings. The van der Waals surface area contributed by atoms with Gasteiger partial charge in [-0.05, 0) is 4.74 Å². The molecule has 2 N–H and O–H groups in total. The third kappa shape index (κ3) is 3.64. The highest BCUT2D eigenvalue weighted by Crippen LogP contribution is 2.17. The van der Waals surface area contributed by atoms with Crippen molar-refractivity contribution in [1.82, 2.24) is 0 Å². The van der Waals surface area contributed by atoms with E-state index in [1.807, 2.05) is 0 Å². The van der Waals surface area contributed by atoms with Crippen LogP contribution in [-0.2, 0) is 9.59 Å². The average Bonchev–Trinajstić information content (AvgIpc) is 2.00. The van der Waals surface area contributed by atoms with Crippen LogP contribution in [0.1, 0.15) is 6.92 Å². The molecule has 0 aromatic heterocycles. The number of hydrogen-bond donors (Lipinski definition) is 2. The molecule has 0 radical (unpaired) electrons. The highest BCUT2D eigenvalue weighted by molar-refractivity contribution is 7.59. The van der Waals surface area contributed by atoms with Crippen LogP contribution in [0.3, 0.4) is 0 Å². The first-order valence-corrected chi connectivity index (χ1v) is 4.22. The van der Waals surface area contributed by atoms with Gasteiger partial charge in [0, 0.05) is 6.92 Å². The molecule has 2 atom stereocenters. The zero-order chi connectivity index (χ0) is 9.72. The Hall–Kier alpha value is -0.680. The van der Waals surface area contributed by atoms with E-state index < -0.39 is 32.1 Å². The Morgan fingerprint density at radius 1 is 1.67 bits per heavy atom. The van der Waals surface area contributed by atoms with Crippen molar-refractivity contribution in [3.63, 3.8) is 0 Å². The molecular weight excluding hydrogens is 185 g/mol. The van der Waals surface area contributed by atoms with Crippen molar-refractivity contribution < 1.29 is 24.7 Å². The first kappa shape index (κ1) is 11.3. The van der Waals surface area contributed by atoms with E-state index in [0.29, 0.717) is 0 Å². The summed E-state index contributed by atoms with van der Waals surface area (Å²) in [4.78, 5) is 31.6. The van der Waals surface area contributed by atoms with Crippen molar-refractivity contribution in [2.75, 3.05) is 6.61 Å². The molecule has 0 fully saturated rings. The van der Waals surface area contributed by atoms with Crippen molar-refractivity contribution in [2.24, 2.45) is 4.74 Å². The largest absolute Gasteiger partial charge is 0.605 e. The quantitative estimate of drug-likeness (QED) is 0.522. The number of carbonyl (C=O) groups excluding carboxylic acids is 2. The van der Waals surface area contributed by atoms with Crippen molar-refractivity contribution in [2.45, 2.75) is 13.0 Å². The van der Waals surface area contributed by atoms with Crippen molar-refractivity contribution >= 4 is 19.4 Å². The number of aliphatic hydroxyl groups is 2. The van der Waals surface area contributed by atoms with Crippen LogP contribution in [0.5, 0.6) is 0 Å². The zero-order valence-corrected chi connectivity index (χ0v) is 7.19. The fourth-order valence-electron chi connectivity index (χ4n) is 0.383. The summed E-state index contributed by atoms with van der Waals surface area (Å²) in [7, 11) is -2.75. The topological polar surface area (TPSA) is 110 Å². The van der Waals surface area contributed by atoms with E-state index in [2.05, 4.69) is 4.74 Å². The molecule has 0 rings (SSSR count). The van der Waals surface area contributed by atoms with E-state index in [1.165, 1.54) is 0 Å². The van der Waals surface area contributed by atoms with Crippen molar-refractivity contribution in [3.05, 3.63) is 0 Å². The first-order valence-electron chi connectivity index (χ1n) is 3.01. The first-order chi connectivity index (χ1) is 5.49. The number of amides is 1.